The summed E-state index contributed by atoms with van der Waals surface area (Å²) in [6.45, 7) is 2.97. The molecule has 0 saturated carbocycles. The monoisotopic (exact) mass is 375 g/mol. The van der Waals surface area contributed by atoms with E-state index in [2.05, 4.69) is 43.9 Å². The molecule has 3 N–H and O–H groups in total. The molecule has 0 aliphatic carbocycles. The molecule has 0 saturated heterocycles. The van der Waals surface area contributed by atoms with Gasteiger partial charge in [-0.3, -0.25) is 0 Å². The van der Waals surface area contributed by atoms with Crippen LogP contribution >= 0.6 is 0 Å². The molecular formula is C22H22FN5. The van der Waals surface area contributed by atoms with Crippen molar-refractivity contribution in [3.8, 4) is 0 Å². The van der Waals surface area contributed by atoms with Crippen LogP contribution in [-0.2, 0) is 13.0 Å². The average molecular weight is 375 g/mol. The molecule has 4 rings (SSSR count). The number of aromatic nitrogens is 3. The lowest BCUT2D eigenvalue weighted by molar-refractivity contribution is 0.613. The Labute approximate surface area is 163 Å². The third-order valence-electron chi connectivity index (χ3n) is 4.63. The molecule has 2 heterocycles. The summed E-state index contributed by atoms with van der Waals surface area (Å²) >= 11 is 0. The number of hydrogen-bond donors (Lipinski definition) is 3. The third-order valence-corrected chi connectivity index (χ3v) is 4.63. The summed E-state index contributed by atoms with van der Waals surface area (Å²) in [5.74, 6) is 1.86. The van der Waals surface area contributed by atoms with E-state index < -0.39 is 0 Å². The zero-order valence-corrected chi connectivity index (χ0v) is 15.7. The topological polar surface area (TPSA) is 65.6 Å². The van der Waals surface area contributed by atoms with Crippen molar-refractivity contribution >= 4 is 22.5 Å². The molecule has 0 aliphatic rings. The summed E-state index contributed by atoms with van der Waals surface area (Å²) in [5.41, 5.74) is 3.02. The van der Waals surface area contributed by atoms with E-state index in [0.717, 1.165) is 24.3 Å². The van der Waals surface area contributed by atoms with Gasteiger partial charge < -0.3 is 15.6 Å². The Kier molecular flexibility index (Phi) is 5.19. The Morgan fingerprint density at radius 1 is 0.929 bits per heavy atom. The Hall–Kier alpha value is -3.41. The van der Waals surface area contributed by atoms with Crippen LogP contribution in [-0.4, -0.2) is 21.5 Å². The van der Waals surface area contributed by atoms with Gasteiger partial charge in [-0.25, -0.2) is 14.4 Å². The SMILES string of the molecule is Cc1nc(NCCc2c[nH]c3ccccc23)cc(NCc2ccccc2F)n1. The molecule has 6 heteroatoms. The lowest BCUT2D eigenvalue weighted by atomic mass is 10.1. The number of nitrogens with zero attached hydrogens (tertiary/aromatic N) is 2. The van der Waals surface area contributed by atoms with Gasteiger partial charge in [0.05, 0.1) is 0 Å². The van der Waals surface area contributed by atoms with Crippen LogP contribution in [0.25, 0.3) is 10.9 Å². The first kappa shape index (κ1) is 18.0. The predicted molar refractivity (Wildman–Crippen MR) is 111 cm³/mol. The summed E-state index contributed by atoms with van der Waals surface area (Å²) < 4.78 is 13.8. The molecule has 0 aliphatic heterocycles. The second-order valence-electron chi connectivity index (χ2n) is 6.67. The highest BCUT2D eigenvalue weighted by molar-refractivity contribution is 5.83. The van der Waals surface area contributed by atoms with E-state index in [9.17, 15) is 4.39 Å². The van der Waals surface area contributed by atoms with Crippen LogP contribution in [0.2, 0.25) is 0 Å². The van der Waals surface area contributed by atoms with Crippen molar-refractivity contribution in [3.63, 3.8) is 0 Å². The number of hydrogen-bond acceptors (Lipinski definition) is 4. The van der Waals surface area contributed by atoms with Gasteiger partial charge in [-0.1, -0.05) is 36.4 Å². The third kappa shape index (κ3) is 4.11. The number of rotatable bonds is 7. The summed E-state index contributed by atoms with van der Waals surface area (Å²) in [5, 5.41) is 7.78. The van der Waals surface area contributed by atoms with Gasteiger partial charge in [-0.15, -0.1) is 0 Å². The molecule has 0 radical (unpaired) electrons. The van der Waals surface area contributed by atoms with Gasteiger partial charge in [0.1, 0.15) is 23.3 Å². The number of benzene rings is 2. The summed E-state index contributed by atoms with van der Waals surface area (Å²) in [7, 11) is 0. The highest BCUT2D eigenvalue weighted by Gasteiger charge is 2.06. The smallest absolute Gasteiger partial charge is 0.132 e. The second-order valence-corrected chi connectivity index (χ2v) is 6.67. The van der Waals surface area contributed by atoms with Crippen LogP contribution in [0.15, 0.2) is 60.8 Å². The fourth-order valence-electron chi connectivity index (χ4n) is 3.24. The fourth-order valence-corrected chi connectivity index (χ4v) is 3.24. The molecule has 0 atom stereocenters. The number of para-hydroxylation sites is 1. The Morgan fingerprint density at radius 3 is 2.54 bits per heavy atom. The largest absolute Gasteiger partial charge is 0.370 e. The Bertz CT molecular complexity index is 1090. The number of halogens is 1. The molecule has 0 amide bonds. The van der Waals surface area contributed by atoms with Crippen molar-refractivity contribution < 1.29 is 4.39 Å². The average Bonchev–Trinajstić information content (AvgIpc) is 3.10. The lowest BCUT2D eigenvalue weighted by Crippen LogP contribution is -2.09. The van der Waals surface area contributed by atoms with Crippen molar-refractivity contribution in [1.29, 1.82) is 0 Å². The quantitative estimate of drug-likeness (QED) is 0.439. The molecule has 28 heavy (non-hydrogen) atoms. The van der Waals surface area contributed by atoms with E-state index in [1.807, 2.05) is 31.2 Å². The van der Waals surface area contributed by atoms with Gasteiger partial charge in [0.15, 0.2) is 0 Å². The number of fused-ring (bicyclic) bond motifs is 1. The van der Waals surface area contributed by atoms with Gasteiger partial charge in [0.2, 0.25) is 0 Å². The summed E-state index contributed by atoms with van der Waals surface area (Å²) in [6, 6.07) is 16.9. The fraction of sp³-hybridized carbons (Fsp3) is 0.182. The number of H-pyrrole nitrogens is 1. The molecule has 0 fully saturated rings. The predicted octanol–water partition coefficient (Wildman–Crippen LogP) is 4.67. The van der Waals surface area contributed by atoms with Gasteiger partial charge in [0.25, 0.3) is 0 Å². The summed E-state index contributed by atoms with van der Waals surface area (Å²) in [4.78, 5) is 12.1. The van der Waals surface area contributed by atoms with Crippen LogP contribution in [0.4, 0.5) is 16.0 Å². The van der Waals surface area contributed by atoms with E-state index in [1.165, 1.54) is 17.0 Å². The van der Waals surface area contributed by atoms with Gasteiger partial charge in [-0.2, -0.15) is 0 Å². The van der Waals surface area contributed by atoms with Gasteiger partial charge in [-0.05, 0) is 31.0 Å². The molecule has 0 spiro atoms. The van der Waals surface area contributed by atoms with Crippen LogP contribution in [0.5, 0.6) is 0 Å². The van der Waals surface area contributed by atoms with Gasteiger partial charge >= 0.3 is 0 Å². The first-order valence-corrected chi connectivity index (χ1v) is 9.31. The van der Waals surface area contributed by atoms with Crippen molar-refractivity contribution in [3.05, 3.63) is 83.6 Å². The molecule has 0 bridgehead atoms. The van der Waals surface area contributed by atoms with Crippen molar-refractivity contribution in [2.75, 3.05) is 17.2 Å². The molecule has 0 unspecified atom stereocenters. The van der Waals surface area contributed by atoms with Crippen LogP contribution in [0, 0.1) is 12.7 Å². The normalized spacial score (nSPS) is 10.9. The highest BCUT2D eigenvalue weighted by atomic mass is 19.1. The van der Waals surface area contributed by atoms with E-state index in [4.69, 9.17) is 0 Å². The van der Waals surface area contributed by atoms with E-state index in [0.29, 0.717) is 23.8 Å². The van der Waals surface area contributed by atoms with Crippen molar-refractivity contribution in [1.82, 2.24) is 15.0 Å². The first-order chi connectivity index (χ1) is 13.7. The molecule has 4 aromatic rings. The maximum atomic E-state index is 13.8. The zero-order valence-electron chi connectivity index (χ0n) is 15.7. The maximum absolute atomic E-state index is 13.8. The van der Waals surface area contributed by atoms with E-state index in [-0.39, 0.29) is 5.82 Å². The van der Waals surface area contributed by atoms with Crippen LogP contribution in [0.3, 0.4) is 0 Å². The minimum absolute atomic E-state index is 0.224. The Balaban J connectivity index is 1.39. The molecular weight excluding hydrogens is 353 g/mol. The van der Waals surface area contributed by atoms with Gasteiger partial charge in [0, 0.05) is 41.8 Å². The number of aryl methyl sites for hydroxylation is 1. The number of aromatic amines is 1. The minimum Gasteiger partial charge on any atom is -0.370 e. The van der Waals surface area contributed by atoms with Crippen LogP contribution < -0.4 is 10.6 Å². The number of anilines is 2. The maximum Gasteiger partial charge on any atom is 0.132 e. The standard InChI is InChI=1S/C22H22FN5/c1-15-27-21(12-22(28-15)26-14-17-6-2-4-8-19(17)23)24-11-10-16-13-25-20-9-5-3-7-18(16)20/h2-9,12-13,25H,10-11,14H2,1H3,(H2,24,26,27,28). The van der Waals surface area contributed by atoms with Crippen LogP contribution in [0.1, 0.15) is 17.0 Å². The van der Waals surface area contributed by atoms with Crippen molar-refractivity contribution in [2.45, 2.75) is 19.9 Å². The molecule has 5 nitrogen and oxygen atoms in total. The molecule has 142 valence electrons. The van der Waals surface area contributed by atoms with Crippen molar-refractivity contribution in [2.24, 2.45) is 0 Å². The molecule has 2 aromatic heterocycles. The number of nitrogens with one attached hydrogen (secondary N) is 3. The lowest BCUT2D eigenvalue weighted by Gasteiger charge is -2.10. The van der Waals surface area contributed by atoms with E-state index >= 15 is 0 Å². The minimum atomic E-state index is -0.224. The first-order valence-electron chi connectivity index (χ1n) is 9.31. The second kappa shape index (κ2) is 8.08. The summed E-state index contributed by atoms with van der Waals surface area (Å²) in [6.07, 6.45) is 2.93. The highest BCUT2D eigenvalue weighted by Crippen LogP contribution is 2.19. The molecule has 2 aromatic carbocycles. The van der Waals surface area contributed by atoms with E-state index in [1.54, 1.807) is 12.1 Å². The zero-order chi connectivity index (χ0) is 19.3. The Morgan fingerprint density at radius 2 is 1.68 bits per heavy atom.